The van der Waals surface area contributed by atoms with Gasteiger partial charge in [-0.25, -0.2) is 8.42 Å². The molecular weight excluding hydrogens is 364 g/mol. The van der Waals surface area contributed by atoms with Crippen LogP contribution in [-0.4, -0.2) is 54.8 Å². The minimum atomic E-state index is -3.58. The maximum absolute atomic E-state index is 12.9. The van der Waals surface area contributed by atoms with E-state index in [1.54, 1.807) is 35.2 Å². The zero-order valence-corrected chi connectivity index (χ0v) is 16.3. The smallest absolute Gasteiger partial charge is 0.257 e. The molecule has 1 heterocycles. The quantitative estimate of drug-likeness (QED) is 0.873. The van der Waals surface area contributed by atoms with Crippen molar-refractivity contribution in [3.63, 3.8) is 0 Å². The lowest BCUT2D eigenvalue weighted by Gasteiger charge is -2.34. The zero-order valence-electron chi connectivity index (χ0n) is 15.5. The minimum absolute atomic E-state index is 0.0669. The Labute approximate surface area is 160 Å². The molecule has 0 spiro atoms. The van der Waals surface area contributed by atoms with Gasteiger partial charge in [0.1, 0.15) is 5.75 Å². The molecule has 0 atom stereocenters. The van der Waals surface area contributed by atoms with Gasteiger partial charge in [0, 0.05) is 26.2 Å². The second kappa shape index (κ2) is 7.70. The molecule has 0 radical (unpaired) electrons. The van der Waals surface area contributed by atoms with Crippen LogP contribution in [0.15, 0.2) is 53.4 Å². The van der Waals surface area contributed by atoms with Crippen molar-refractivity contribution >= 4 is 15.9 Å². The molecule has 144 valence electrons. The maximum atomic E-state index is 12.9. The van der Waals surface area contributed by atoms with Crippen LogP contribution in [0.2, 0.25) is 0 Å². The van der Waals surface area contributed by atoms with Crippen LogP contribution in [0.5, 0.6) is 5.75 Å². The first-order valence-corrected chi connectivity index (χ1v) is 10.4. The molecule has 1 fully saturated rings. The van der Waals surface area contributed by atoms with Crippen molar-refractivity contribution in [1.82, 2.24) is 9.21 Å². The van der Waals surface area contributed by atoms with E-state index in [0.717, 1.165) is 5.56 Å². The summed E-state index contributed by atoms with van der Waals surface area (Å²) in [5.41, 5.74) is 1.32. The highest BCUT2D eigenvalue weighted by Crippen LogP contribution is 2.23. The fourth-order valence-electron chi connectivity index (χ4n) is 3.13. The lowest BCUT2D eigenvalue weighted by Crippen LogP contribution is -2.50. The summed E-state index contributed by atoms with van der Waals surface area (Å²) in [7, 11) is -3.58. The number of amides is 1. The molecule has 2 aromatic carbocycles. The number of benzene rings is 2. The normalized spacial score (nSPS) is 15.9. The van der Waals surface area contributed by atoms with Gasteiger partial charge in [-0.15, -0.1) is 0 Å². The van der Waals surface area contributed by atoms with Crippen LogP contribution in [0.3, 0.4) is 0 Å². The van der Waals surface area contributed by atoms with E-state index in [0.29, 0.717) is 5.92 Å². The Balaban J connectivity index is 1.69. The third kappa shape index (κ3) is 3.99. The highest BCUT2D eigenvalue weighted by Gasteiger charge is 2.31. The number of phenols is 1. The number of phenolic OH excluding ortho intramolecular Hbond substituents is 1. The molecule has 2 aromatic rings. The largest absolute Gasteiger partial charge is 0.507 e. The molecule has 0 bridgehead atoms. The first-order valence-electron chi connectivity index (χ1n) is 8.98. The number of piperazine rings is 1. The van der Waals surface area contributed by atoms with Crippen molar-refractivity contribution in [2.45, 2.75) is 24.7 Å². The highest BCUT2D eigenvalue weighted by atomic mass is 32.2. The minimum Gasteiger partial charge on any atom is -0.507 e. The fraction of sp³-hybridized carbons (Fsp3) is 0.350. The van der Waals surface area contributed by atoms with E-state index in [4.69, 9.17) is 0 Å². The van der Waals surface area contributed by atoms with Crippen molar-refractivity contribution in [3.05, 3.63) is 59.7 Å². The number of nitrogens with zero attached hydrogens (tertiary/aromatic N) is 2. The van der Waals surface area contributed by atoms with Gasteiger partial charge in [-0.2, -0.15) is 4.31 Å². The van der Waals surface area contributed by atoms with E-state index in [9.17, 15) is 18.3 Å². The van der Waals surface area contributed by atoms with E-state index in [1.807, 2.05) is 12.1 Å². The summed E-state index contributed by atoms with van der Waals surface area (Å²) in [5.74, 6) is -0.0139. The molecule has 0 aliphatic carbocycles. The lowest BCUT2D eigenvalue weighted by molar-refractivity contribution is 0.0695. The van der Waals surface area contributed by atoms with Gasteiger partial charge in [-0.1, -0.05) is 38.1 Å². The molecule has 0 saturated carbocycles. The number of carbonyl (C=O) groups is 1. The van der Waals surface area contributed by atoms with Crippen molar-refractivity contribution < 1.29 is 18.3 Å². The molecule has 1 aliphatic heterocycles. The Kier molecular flexibility index (Phi) is 5.53. The molecule has 0 aromatic heterocycles. The van der Waals surface area contributed by atoms with Gasteiger partial charge in [0.25, 0.3) is 5.91 Å². The van der Waals surface area contributed by atoms with Crippen LogP contribution in [0, 0.1) is 0 Å². The van der Waals surface area contributed by atoms with Crippen molar-refractivity contribution in [2.75, 3.05) is 26.2 Å². The van der Waals surface area contributed by atoms with Gasteiger partial charge in [0.05, 0.1) is 10.5 Å². The maximum Gasteiger partial charge on any atom is 0.257 e. The molecule has 1 N–H and O–H groups in total. The molecular formula is C20H24N2O4S. The summed E-state index contributed by atoms with van der Waals surface area (Å²) < 4.78 is 27.1. The Morgan fingerprint density at radius 3 is 2.11 bits per heavy atom. The Bertz CT molecular complexity index is 915. The monoisotopic (exact) mass is 388 g/mol. The van der Waals surface area contributed by atoms with E-state index in [2.05, 4.69) is 13.8 Å². The predicted octanol–water partition coefficient (Wildman–Crippen LogP) is 2.66. The number of aromatic hydroxyl groups is 1. The van der Waals surface area contributed by atoms with Crippen LogP contribution in [0.25, 0.3) is 0 Å². The van der Waals surface area contributed by atoms with Gasteiger partial charge in [-0.05, 0) is 35.7 Å². The van der Waals surface area contributed by atoms with Gasteiger partial charge >= 0.3 is 0 Å². The topological polar surface area (TPSA) is 77.9 Å². The summed E-state index contributed by atoms with van der Waals surface area (Å²) in [5, 5.41) is 9.85. The van der Waals surface area contributed by atoms with Crippen molar-refractivity contribution in [2.24, 2.45) is 0 Å². The average Bonchev–Trinajstić information content (AvgIpc) is 2.68. The number of rotatable bonds is 4. The molecule has 7 heteroatoms. The summed E-state index contributed by atoms with van der Waals surface area (Å²) in [6, 6.07) is 13.3. The number of hydrogen-bond donors (Lipinski definition) is 1. The van der Waals surface area contributed by atoms with Crippen LogP contribution in [0.1, 0.15) is 35.7 Å². The van der Waals surface area contributed by atoms with Gasteiger partial charge in [0.2, 0.25) is 10.0 Å². The summed E-state index contributed by atoms with van der Waals surface area (Å²) in [6.07, 6.45) is 0. The fourth-order valence-corrected chi connectivity index (χ4v) is 4.55. The van der Waals surface area contributed by atoms with Crippen LogP contribution in [0.4, 0.5) is 0 Å². The molecule has 6 nitrogen and oxygen atoms in total. The number of hydrogen-bond acceptors (Lipinski definition) is 4. The second-order valence-corrected chi connectivity index (χ2v) is 8.88. The lowest BCUT2D eigenvalue weighted by atomic mass is 10.0. The Morgan fingerprint density at radius 1 is 0.963 bits per heavy atom. The van der Waals surface area contributed by atoms with Gasteiger partial charge in [0.15, 0.2) is 0 Å². The molecule has 3 rings (SSSR count). The highest BCUT2D eigenvalue weighted by molar-refractivity contribution is 7.89. The molecule has 1 amide bonds. The van der Waals surface area contributed by atoms with E-state index < -0.39 is 10.0 Å². The standard InChI is InChI=1S/C20H24N2O4S/c1-15(2)16-7-9-17(10-8-16)27(25,26)22-13-11-21(12-14-22)20(24)18-5-3-4-6-19(18)23/h3-10,15,23H,11-14H2,1-2H3. The van der Waals surface area contributed by atoms with Gasteiger partial charge in [-0.3, -0.25) is 4.79 Å². The molecule has 27 heavy (non-hydrogen) atoms. The van der Waals surface area contributed by atoms with Crippen LogP contribution in [-0.2, 0) is 10.0 Å². The average molecular weight is 388 g/mol. The van der Waals surface area contributed by atoms with E-state index >= 15 is 0 Å². The first kappa shape index (κ1) is 19.4. The number of carbonyl (C=O) groups excluding carboxylic acids is 1. The molecule has 0 unspecified atom stereocenters. The van der Waals surface area contributed by atoms with E-state index in [1.165, 1.54) is 10.4 Å². The predicted molar refractivity (Wildman–Crippen MR) is 103 cm³/mol. The third-order valence-corrected chi connectivity index (χ3v) is 6.76. The van der Waals surface area contributed by atoms with Crippen molar-refractivity contribution in [3.8, 4) is 5.75 Å². The van der Waals surface area contributed by atoms with Crippen molar-refractivity contribution in [1.29, 1.82) is 0 Å². The molecule has 1 aliphatic rings. The third-order valence-electron chi connectivity index (χ3n) is 4.84. The summed E-state index contributed by atoms with van der Waals surface area (Å²) in [4.78, 5) is 14.4. The summed E-state index contributed by atoms with van der Waals surface area (Å²) >= 11 is 0. The SMILES string of the molecule is CC(C)c1ccc(S(=O)(=O)N2CCN(C(=O)c3ccccc3O)CC2)cc1. The van der Waals surface area contributed by atoms with Crippen LogP contribution >= 0.6 is 0 Å². The first-order chi connectivity index (χ1) is 12.8. The van der Waals surface area contributed by atoms with Crippen LogP contribution < -0.4 is 0 Å². The zero-order chi connectivity index (χ0) is 19.6. The van der Waals surface area contributed by atoms with E-state index in [-0.39, 0.29) is 48.3 Å². The Morgan fingerprint density at radius 2 is 1.56 bits per heavy atom. The van der Waals surface area contributed by atoms with Gasteiger partial charge < -0.3 is 10.0 Å². The second-order valence-electron chi connectivity index (χ2n) is 6.94. The summed E-state index contributed by atoms with van der Waals surface area (Å²) in [6.45, 7) is 5.16. The number of para-hydroxylation sites is 1. The Hall–Kier alpha value is -2.38. The number of sulfonamides is 1. The molecule has 1 saturated heterocycles.